The molecule has 3 N–H and O–H groups in total. The molecule has 30 heavy (non-hydrogen) atoms. The van der Waals surface area contributed by atoms with Crippen LogP contribution in [0.5, 0.6) is 0 Å². The lowest BCUT2D eigenvalue weighted by atomic mass is 9.32. The standard InChI is InChI=1S/C25H44O5/c1-10-18(2,3)17(26)30-25-14-22(19(4,5)27)11-23(15-25,20(6,7)28)13-24(12-22,16-25)21(8,9)29/h27-29H,10-16H2,1-9H3. The molecule has 0 atom stereocenters. The maximum Gasteiger partial charge on any atom is 0.312 e. The summed E-state index contributed by atoms with van der Waals surface area (Å²) in [4.78, 5) is 13.2. The molecule has 0 aliphatic heterocycles. The largest absolute Gasteiger partial charge is 0.459 e. The van der Waals surface area contributed by atoms with Crippen molar-refractivity contribution in [1.82, 2.24) is 0 Å². The molecule has 5 nitrogen and oxygen atoms in total. The Morgan fingerprint density at radius 1 is 0.700 bits per heavy atom. The monoisotopic (exact) mass is 424 g/mol. The lowest BCUT2D eigenvalue weighted by Crippen LogP contribution is -2.75. The van der Waals surface area contributed by atoms with E-state index in [9.17, 15) is 20.1 Å². The molecule has 0 aromatic heterocycles. The summed E-state index contributed by atoms with van der Waals surface area (Å²) in [5, 5.41) is 34.2. The van der Waals surface area contributed by atoms with Crippen LogP contribution >= 0.6 is 0 Å². The van der Waals surface area contributed by atoms with Crippen molar-refractivity contribution in [2.75, 3.05) is 0 Å². The first-order chi connectivity index (χ1) is 13.2. The van der Waals surface area contributed by atoms with Crippen LogP contribution in [-0.2, 0) is 9.53 Å². The van der Waals surface area contributed by atoms with Gasteiger partial charge in [-0.3, -0.25) is 4.79 Å². The van der Waals surface area contributed by atoms with Gasteiger partial charge in [0, 0.05) is 16.2 Å². The lowest BCUT2D eigenvalue weighted by Gasteiger charge is -2.75. The number of esters is 1. The second kappa shape index (κ2) is 6.23. The molecule has 4 saturated carbocycles. The third-order valence-corrected chi connectivity index (χ3v) is 9.65. The van der Waals surface area contributed by atoms with E-state index >= 15 is 0 Å². The number of rotatable bonds is 6. The summed E-state index contributed by atoms with van der Waals surface area (Å²) in [5.74, 6) is -0.227. The number of carbonyl (C=O) groups is 1. The van der Waals surface area contributed by atoms with Crippen LogP contribution in [0.25, 0.3) is 0 Å². The van der Waals surface area contributed by atoms with Crippen molar-refractivity contribution < 1.29 is 24.9 Å². The molecule has 174 valence electrons. The van der Waals surface area contributed by atoms with E-state index in [4.69, 9.17) is 4.74 Å². The van der Waals surface area contributed by atoms with Crippen molar-refractivity contribution in [3.8, 4) is 0 Å². The minimum absolute atomic E-state index is 0.227. The van der Waals surface area contributed by atoms with Gasteiger partial charge in [0.15, 0.2) is 0 Å². The number of aliphatic hydroxyl groups is 3. The van der Waals surface area contributed by atoms with E-state index in [2.05, 4.69) is 0 Å². The predicted molar refractivity (Wildman–Crippen MR) is 117 cm³/mol. The van der Waals surface area contributed by atoms with E-state index in [1.165, 1.54) is 0 Å². The lowest BCUT2D eigenvalue weighted by molar-refractivity contribution is -0.333. The normalized spacial score (nSPS) is 39.3. The summed E-state index contributed by atoms with van der Waals surface area (Å²) in [5.41, 5.74) is -6.11. The average molecular weight is 425 g/mol. The molecule has 5 heteroatoms. The summed E-state index contributed by atoms with van der Waals surface area (Å²) < 4.78 is 6.39. The first kappa shape index (κ1) is 24.0. The van der Waals surface area contributed by atoms with Crippen LogP contribution < -0.4 is 0 Å². The second-order valence-electron chi connectivity index (χ2n) is 13.4. The summed E-state index contributed by atoms with van der Waals surface area (Å²) in [6.45, 7) is 16.8. The van der Waals surface area contributed by atoms with Crippen LogP contribution in [0, 0.1) is 21.7 Å². The summed E-state index contributed by atoms with van der Waals surface area (Å²) in [7, 11) is 0. The van der Waals surface area contributed by atoms with Crippen LogP contribution in [0.3, 0.4) is 0 Å². The van der Waals surface area contributed by atoms with Gasteiger partial charge in [-0.15, -0.1) is 0 Å². The maximum absolute atomic E-state index is 13.2. The molecule has 4 bridgehead atoms. The Kier molecular flexibility index (Phi) is 4.98. The SMILES string of the molecule is CCC(C)(C)C(=O)OC12CC3(C(C)(C)O)CC(C(C)(C)O)(C1)CC(C(C)(C)O)(C2)C3. The van der Waals surface area contributed by atoms with Crippen LogP contribution in [0.4, 0.5) is 0 Å². The zero-order chi connectivity index (χ0) is 23.2. The van der Waals surface area contributed by atoms with Crippen molar-refractivity contribution >= 4 is 5.97 Å². The Hall–Kier alpha value is -0.650. The van der Waals surface area contributed by atoms with E-state index in [1.807, 2.05) is 62.3 Å². The highest BCUT2D eigenvalue weighted by molar-refractivity contribution is 5.76. The Morgan fingerprint density at radius 3 is 1.23 bits per heavy atom. The van der Waals surface area contributed by atoms with Gasteiger partial charge < -0.3 is 20.1 Å². The highest BCUT2D eigenvalue weighted by Gasteiger charge is 2.77. The van der Waals surface area contributed by atoms with Gasteiger partial charge in [-0.1, -0.05) is 6.92 Å². The van der Waals surface area contributed by atoms with E-state index in [-0.39, 0.29) is 5.97 Å². The third kappa shape index (κ3) is 3.26. The summed E-state index contributed by atoms with van der Waals surface area (Å²) >= 11 is 0. The van der Waals surface area contributed by atoms with E-state index in [0.29, 0.717) is 44.9 Å². The molecular formula is C25H44O5. The minimum Gasteiger partial charge on any atom is -0.459 e. The number of hydrogen-bond donors (Lipinski definition) is 3. The summed E-state index contributed by atoms with van der Waals surface area (Å²) in [6.07, 6.45) is 4.40. The molecule has 0 amide bonds. The van der Waals surface area contributed by atoms with Crippen molar-refractivity contribution in [1.29, 1.82) is 0 Å². The van der Waals surface area contributed by atoms with Gasteiger partial charge in [-0.25, -0.2) is 0 Å². The molecule has 4 fully saturated rings. The van der Waals surface area contributed by atoms with Crippen molar-refractivity contribution in [2.45, 2.75) is 130 Å². The Balaban J connectivity index is 2.22. The van der Waals surface area contributed by atoms with Gasteiger partial charge in [0.05, 0.1) is 22.2 Å². The quantitative estimate of drug-likeness (QED) is 0.552. The first-order valence-electron chi connectivity index (χ1n) is 11.6. The molecule has 4 rings (SSSR count). The van der Waals surface area contributed by atoms with Crippen molar-refractivity contribution in [3.05, 3.63) is 0 Å². The molecule has 4 aliphatic carbocycles. The molecule has 0 heterocycles. The van der Waals surface area contributed by atoms with Gasteiger partial charge in [-0.2, -0.15) is 0 Å². The third-order valence-electron chi connectivity index (χ3n) is 9.65. The molecule has 0 saturated heterocycles. The van der Waals surface area contributed by atoms with Gasteiger partial charge in [0.25, 0.3) is 0 Å². The van der Waals surface area contributed by atoms with E-state index < -0.39 is 44.1 Å². The highest BCUT2D eigenvalue weighted by Crippen LogP contribution is 2.77. The second-order valence-corrected chi connectivity index (χ2v) is 13.4. The number of carbonyl (C=O) groups excluding carboxylic acids is 1. The van der Waals surface area contributed by atoms with Gasteiger partial charge >= 0.3 is 5.97 Å². The predicted octanol–water partition coefficient (Wildman–Crippen LogP) is 4.36. The zero-order valence-electron chi connectivity index (χ0n) is 20.6. The molecule has 4 aliphatic rings. The Labute approximate surface area is 182 Å². The highest BCUT2D eigenvalue weighted by atomic mass is 16.6. The van der Waals surface area contributed by atoms with Crippen molar-refractivity contribution in [3.63, 3.8) is 0 Å². The van der Waals surface area contributed by atoms with E-state index in [1.54, 1.807) is 0 Å². The smallest absolute Gasteiger partial charge is 0.312 e. The molecule has 0 unspecified atom stereocenters. The molecule has 0 spiro atoms. The Bertz CT molecular complexity index is 633. The fourth-order valence-electron chi connectivity index (χ4n) is 7.08. The Morgan fingerprint density at radius 2 is 1.00 bits per heavy atom. The topological polar surface area (TPSA) is 87.0 Å². The van der Waals surface area contributed by atoms with Gasteiger partial charge in [0.1, 0.15) is 5.60 Å². The minimum atomic E-state index is -1.03. The fourth-order valence-corrected chi connectivity index (χ4v) is 7.08. The van der Waals surface area contributed by atoms with Crippen LogP contribution in [0.2, 0.25) is 0 Å². The molecule has 0 aromatic carbocycles. The van der Waals surface area contributed by atoms with Gasteiger partial charge in [-0.05, 0) is 100 Å². The maximum atomic E-state index is 13.2. The van der Waals surface area contributed by atoms with Crippen LogP contribution in [-0.4, -0.2) is 43.7 Å². The van der Waals surface area contributed by atoms with Crippen LogP contribution in [0.1, 0.15) is 107 Å². The molecule has 0 radical (unpaired) electrons. The average Bonchev–Trinajstić information content (AvgIpc) is 2.50. The van der Waals surface area contributed by atoms with Gasteiger partial charge in [0.2, 0.25) is 0 Å². The first-order valence-corrected chi connectivity index (χ1v) is 11.6. The number of hydrogen-bond acceptors (Lipinski definition) is 5. The zero-order valence-corrected chi connectivity index (χ0v) is 20.6. The number of ether oxygens (including phenoxy) is 1. The molecular weight excluding hydrogens is 380 g/mol. The van der Waals surface area contributed by atoms with Crippen LogP contribution in [0.15, 0.2) is 0 Å². The molecule has 0 aromatic rings. The van der Waals surface area contributed by atoms with E-state index in [0.717, 1.165) is 0 Å². The fraction of sp³-hybridized carbons (Fsp3) is 0.960. The summed E-state index contributed by atoms with van der Waals surface area (Å²) in [6, 6.07) is 0. The van der Waals surface area contributed by atoms with Crippen molar-refractivity contribution in [2.24, 2.45) is 21.7 Å².